The first-order chi connectivity index (χ1) is 67.3. The van der Waals surface area contributed by atoms with E-state index in [2.05, 4.69) is 0 Å². The number of nitrogens with zero attached hydrogens (tertiary/aromatic N) is 5. The van der Waals surface area contributed by atoms with Crippen molar-refractivity contribution in [3.63, 3.8) is 0 Å². The number of rotatable bonds is 31. The number of aliphatic carboxylic acids is 5. The van der Waals surface area contributed by atoms with Gasteiger partial charge in [0.15, 0.2) is 23.0 Å². The molecule has 10 aromatic carbocycles. The van der Waals surface area contributed by atoms with Crippen LogP contribution in [-0.2, 0) is 74.4 Å². The maximum atomic E-state index is 12.5. The van der Waals surface area contributed by atoms with Crippen molar-refractivity contribution in [1.29, 1.82) is 0 Å². The molecular formula is C101H83Cl2N5O23S10. The molecule has 40 heteroatoms. The van der Waals surface area contributed by atoms with Crippen LogP contribution in [0, 0.1) is 27.7 Å². The number of hydrogen-bond donors (Lipinski definition) is 5. The summed E-state index contributed by atoms with van der Waals surface area (Å²) in [4.78, 5) is 135. The van der Waals surface area contributed by atoms with Crippen LogP contribution in [0.15, 0.2) is 249 Å². The summed E-state index contributed by atoms with van der Waals surface area (Å²) in [6, 6.07) is 68.1. The van der Waals surface area contributed by atoms with Gasteiger partial charge in [-0.05, 0) is 193 Å². The predicted octanol–water partition coefficient (Wildman–Crippen LogP) is 20.0. The lowest BCUT2D eigenvalue weighted by Crippen LogP contribution is -2.33. The van der Waals surface area contributed by atoms with Gasteiger partial charge in [-0.1, -0.05) is 294 Å². The number of carboxylic acid groups (broad SMARTS) is 5. The molecule has 5 N–H and O–H groups in total. The van der Waals surface area contributed by atoms with Crippen LogP contribution < -0.4 is 33.2 Å². The fourth-order valence-electron chi connectivity index (χ4n) is 12.7. The number of halogens is 2. The minimum Gasteiger partial charge on any atom is -0.493 e. The average molecular weight is 2130 g/mol. The molecule has 0 radical (unpaired) electrons. The highest BCUT2D eigenvalue weighted by Crippen LogP contribution is 2.41. The third-order valence-corrected chi connectivity index (χ3v) is 27.3. The Hall–Kier alpha value is -13.4. The zero-order chi connectivity index (χ0) is 102. The van der Waals surface area contributed by atoms with E-state index >= 15 is 0 Å². The Bertz CT molecular complexity index is 6740. The smallest absolute Gasteiger partial charge is 0.343 e. The Morgan fingerprint density at radius 2 is 0.610 bits per heavy atom. The van der Waals surface area contributed by atoms with Gasteiger partial charge in [-0.2, -0.15) is 0 Å². The number of ether oxygens (including phenoxy) is 7. The summed E-state index contributed by atoms with van der Waals surface area (Å²) in [7, 11) is 3.10. The molecule has 0 aliphatic carbocycles. The number of hydrogen-bond acceptors (Lipinski definition) is 28. The van der Waals surface area contributed by atoms with Gasteiger partial charge in [0.1, 0.15) is 98.0 Å². The van der Waals surface area contributed by atoms with E-state index in [-0.39, 0.29) is 28.2 Å². The van der Waals surface area contributed by atoms with Gasteiger partial charge >= 0.3 is 35.8 Å². The van der Waals surface area contributed by atoms with Crippen LogP contribution in [0.1, 0.15) is 82.7 Å². The molecule has 0 bridgehead atoms. The largest absolute Gasteiger partial charge is 0.493 e. The van der Waals surface area contributed by atoms with E-state index in [9.17, 15) is 52.7 Å². The molecule has 10 aromatic rings. The molecule has 5 amide bonds. The number of thioether (sulfide) groups is 5. The van der Waals surface area contributed by atoms with E-state index in [1.54, 1.807) is 128 Å². The zero-order valence-electron chi connectivity index (χ0n) is 75.3. The fraction of sp³-hybridized carbons (Fsp3) is 0.149. The summed E-state index contributed by atoms with van der Waals surface area (Å²) in [5.41, 5.74) is 12.4. The zero-order valence-corrected chi connectivity index (χ0v) is 84.9. The molecule has 5 aliphatic heterocycles. The van der Waals surface area contributed by atoms with Gasteiger partial charge in [-0.25, -0.2) is 4.79 Å². The third-order valence-electron chi connectivity index (χ3n) is 19.8. The molecular weight excluding hydrogens is 2040 g/mol. The van der Waals surface area contributed by atoms with Gasteiger partial charge in [0.25, 0.3) is 29.5 Å². The van der Waals surface area contributed by atoms with Gasteiger partial charge < -0.3 is 58.7 Å². The number of carboxylic acids is 5. The highest BCUT2D eigenvalue weighted by atomic mass is 35.5. The number of carbonyl (C=O) groups excluding carboxylic acids is 6. The molecule has 28 nitrogen and oxygen atoms in total. The molecule has 0 atom stereocenters. The minimum atomic E-state index is -1.13. The van der Waals surface area contributed by atoms with Crippen molar-refractivity contribution in [2.75, 3.05) is 46.9 Å². The molecule has 0 spiro atoms. The number of methoxy groups -OCH3 is 2. The minimum absolute atomic E-state index is 0.210. The predicted molar refractivity (Wildman–Crippen MR) is 566 cm³/mol. The van der Waals surface area contributed by atoms with E-state index in [4.69, 9.17) is 143 Å². The van der Waals surface area contributed by atoms with Gasteiger partial charge in [0, 0.05) is 21.2 Å². The molecule has 5 fully saturated rings. The Kier molecular flexibility index (Phi) is 39.6. The molecule has 5 aliphatic rings. The van der Waals surface area contributed by atoms with Crippen LogP contribution in [0.4, 0.5) is 0 Å². The lowest BCUT2D eigenvalue weighted by Gasteiger charge is -2.13. The molecule has 0 unspecified atom stereocenters. The lowest BCUT2D eigenvalue weighted by atomic mass is 10.1. The van der Waals surface area contributed by atoms with Crippen molar-refractivity contribution < 1.29 is 111 Å². The van der Waals surface area contributed by atoms with Gasteiger partial charge in [0.2, 0.25) is 0 Å². The Morgan fingerprint density at radius 1 is 0.312 bits per heavy atom. The van der Waals surface area contributed by atoms with Gasteiger partial charge in [-0.15, -0.1) is 0 Å². The van der Waals surface area contributed by atoms with Crippen LogP contribution in [0.25, 0.3) is 30.4 Å². The second kappa shape index (κ2) is 51.7. The van der Waals surface area contributed by atoms with Crippen molar-refractivity contribution in [2.24, 2.45) is 0 Å². The monoisotopic (exact) mass is 2120 g/mol. The van der Waals surface area contributed by atoms with Crippen LogP contribution >= 0.6 is 143 Å². The van der Waals surface area contributed by atoms with Crippen LogP contribution in [0.2, 0.25) is 10.0 Å². The molecule has 0 aromatic heterocycles. The SMILES string of the molecule is COc1ccc(/C=C2\SC(=S)N(CC(=O)O)C2=O)cc1OCc1ccc(C)cc1.COc1ccc(/C=C2\SC(=S)N(CC(=O)O)C2=O)cc1OCc1ccc(C)cc1Cl.Cc1ccc(COc2cccc(/C=C3\SC(=S)N(CC(=O)O)C3=O)c2)c(Cl)c1.Cc1ccc(COc2cccc(/C=C3\SC(=S)N(CC(=O)O)C3=O)c2)cc1.O=C(O)CN1C(=O)/C(=C/c2ccc(OC(=O)c3ccccc3)cc2)SC1=S. The first-order valence-electron chi connectivity index (χ1n) is 41.8. The summed E-state index contributed by atoms with van der Waals surface area (Å²) in [5, 5.41) is 45.8. The van der Waals surface area contributed by atoms with Gasteiger partial charge in [-0.3, -0.25) is 72.4 Å². The number of esters is 1. The number of carbonyl (C=O) groups is 11. The van der Waals surface area contributed by atoms with Crippen molar-refractivity contribution in [3.8, 4) is 40.2 Å². The highest BCUT2D eigenvalue weighted by Gasteiger charge is 2.38. The third kappa shape index (κ3) is 31.8. The van der Waals surface area contributed by atoms with Crippen molar-refractivity contribution in [1.82, 2.24) is 24.5 Å². The normalized spacial score (nSPS) is 15.2. The second-order valence-corrected chi connectivity index (χ2v) is 39.6. The molecule has 141 heavy (non-hydrogen) atoms. The van der Waals surface area contributed by atoms with Crippen LogP contribution in [0.5, 0.6) is 40.2 Å². The summed E-state index contributed by atoms with van der Waals surface area (Å²) in [6.45, 7) is 7.14. The van der Waals surface area contributed by atoms with Crippen LogP contribution in [-0.4, -0.2) is 184 Å². The van der Waals surface area contributed by atoms with Gasteiger partial charge in [0.05, 0.1) is 44.3 Å². The molecule has 15 rings (SSSR count). The van der Waals surface area contributed by atoms with Crippen LogP contribution in [0.3, 0.4) is 0 Å². The number of amides is 5. The van der Waals surface area contributed by atoms with Crippen molar-refractivity contribution in [2.45, 2.75) is 54.1 Å². The molecule has 5 saturated heterocycles. The standard InChI is InChI=1S/C21H18ClNO5S2.C21H19NO5S2.C20H16ClNO4S2.C20H17NO4S2.C19H13NO5S2/c1-12-3-5-14(15(22)7-12)11-28-17-8-13(4-6-16(17)27-2)9-18-20(26)23(10-19(24)25)21(29)30-18;1-13-3-5-14(6-4-13)12-27-17-9-15(7-8-16(17)26-2)10-18-20(25)22(11-19(23)24)21(28)29-18;1-12-5-6-14(16(21)7-12)11-26-15-4-2-3-13(8-15)9-17-19(25)22(10-18(23)24)20(27)28-17;1-13-5-7-14(8-6-13)12-25-16-4-2-3-15(9-16)10-17-19(24)21(11-18(22)23)20(26)27-17;21-16(22)11-20-17(23)15(27-19(20)26)10-12-6-8-14(9-7-12)25-18(24)13-4-2-1-3-5-13/h3-9H,10-11H2,1-2H3,(H,24,25);3-10H,11-12H2,1-2H3,(H,23,24);2-9H,10-11H2,1H3,(H,23,24);2-10H,11-12H2,1H3,(H,22,23);1-10H,11H2,(H,21,22)/b18-9-;18-10-;17-9-;17-10-;15-10-. The average Bonchev–Trinajstić information content (AvgIpc) is 1.68. The summed E-state index contributed by atoms with van der Waals surface area (Å²) < 4.78 is 40.6. The first kappa shape index (κ1) is 108. The summed E-state index contributed by atoms with van der Waals surface area (Å²) in [5.74, 6) is -4.28. The summed E-state index contributed by atoms with van der Waals surface area (Å²) >= 11 is 43.4. The van der Waals surface area contributed by atoms with E-state index in [0.717, 1.165) is 133 Å². The molecule has 5 heterocycles. The number of benzene rings is 10. The first-order valence-corrected chi connectivity index (χ1v) is 48.6. The summed E-state index contributed by atoms with van der Waals surface area (Å²) in [6.07, 6.45) is 8.29. The maximum absolute atomic E-state index is 12.5. The lowest BCUT2D eigenvalue weighted by molar-refractivity contribution is -0.140. The Morgan fingerprint density at radius 3 is 0.943 bits per heavy atom. The van der Waals surface area contributed by atoms with E-state index < -0.39 is 98.1 Å². The topological polar surface area (TPSA) is 370 Å². The van der Waals surface area contributed by atoms with Crippen molar-refractivity contribution in [3.05, 3.63) is 337 Å². The number of aryl methyl sites for hydroxylation is 4. The van der Waals surface area contributed by atoms with E-state index in [0.29, 0.717) is 111 Å². The molecule has 724 valence electrons. The fourth-order valence-corrected chi connectivity index (χ4v) is 19.6. The Balaban J connectivity index is 0.000000169. The van der Waals surface area contributed by atoms with E-state index in [1.165, 1.54) is 18.2 Å². The second-order valence-electron chi connectivity index (χ2n) is 30.4. The van der Waals surface area contributed by atoms with Crippen molar-refractivity contribution >= 4 is 260 Å². The number of thiocarbonyl (C=S) groups is 5. The molecule has 0 saturated carbocycles. The highest BCUT2D eigenvalue weighted by molar-refractivity contribution is 8.28. The van der Waals surface area contributed by atoms with E-state index in [1.807, 2.05) is 161 Å². The maximum Gasteiger partial charge on any atom is 0.343 e. The quantitative estimate of drug-likeness (QED) is 0.0117. The Labute approximate surface area is 867 Å².